The molecule has 2 aromatic carbocycles. The third kappa shape index (κ3) is 3.40. The molecule has 0 fully saturated rings. The van der Waals surface area contributed by atoms with Crippen LogP contribution >= 0.6 is 0 Å². The van der Waals surface area contributed by atoms with Crippen molar-refractivity contribution in [2.45, 2.75) is 13.8 Å². The highest BCUT2D eigenvalue weighted by Crippen LogP contribution is 2.11. The first-order valence-electron chi connectivity index (χ1n) is 6.55. The minimum absolute atomic E-state index is 0.0479. The van der Waals surface area contributed by atoms with Gasteiger partial charge in [-0.2, -0.15) is 8.42 Å². The van der Waals surface area contributed by atoms with Gasteiger partial charge in [-0.3, -0.25) is 9.59 Å². The van der Waals surface area contributed by atoms with E-state index in [1.54, 1.807) is 42.0 Å². The highest BCUT2D eigenvalue weighted by atomic mass is 32.2. The number of carbonyl (C=O) groups excluding carboxylic acids is 2. The van der Waals surface area contributed by atoms with Crippen LogP contribution in [0.15, 0.2) is 48.5 Å². The first-order valence-corrected chi connectivity index (χ1v) is 8.03. The molecule has 0 aliphatic rings. The van der Waals surface area contributed by atoms with Gasteiger partial charge in [0.1, 0.15) is 0 Å². The number of nitrogens with one attached hydrogen (secondary N) is 1. The lowest BCUT2D eigenvalue weighted by atomic mass is 10.1. The molecule has 0 bridgehead atoms. The van der Waals surface area contributed by atoms with Gasteiger partial charge < -0.3 is 0 Å². The quantitative estimate of drug-likeness (QED) is 0.921. The minimum Gasteiger partial charge on any atom is -0.274 e. The second kappa shape index (κ2) is 6.11. The van der Waals surface area contributed by atoms with Crippen molar-refractivity contribution in [2.75, 3.05) is 0 Å². The van der Waals surface area contributed by atoms with Crippen molar-refractivity contribution in [3.63, 3.8) is 0 Å². The maximum atomic E-state index is 12.1. The fourth-order valence-electron chi connectivity index (χ4n) is 1.88. The monoisotopic (exact) mass is 317 g/mol. The number of sulfonamides is 1. The Morgan fingerprint density at radius 2 is 1.50 bits per heavy atom. The third-order valence-electron chi connectivity index (χ3n) is 3.15. The van der Waals surface area contributed by atoms with E-state index in [-0.39, 0.29) is 11.1 Å². The Bertz CT molecular complexity index is 823. The molecule has 0 spiro atoms. The van der Waals surface area contributed by atoms with Crippen LogP contribution in [0.5, 0.6) is 0 Å². The minimum atomic E-state index is -4.43. The molecule has 0 radical (unpaired) electrons. The number of carbonyl (C=O) groups is 2. The van der Waals surface area contributed by atoms with E-state index in [1.807, 2.05) is 6.92 Å². The maximum Gasteiger partial charge on any atom is 0.303 e. The van der Waals surface area contributed by atoms with Gasteiger partial charge in [-0.1, -0.05) is 35.9 Å². The van der Waals surface area contributed by atoms with Gasteiger partial charge >= 0.3 is 10.0 Å². The Kier molecular flexibility index (Phi) is 4.42. The Morgan fingerprint density at radius 1 is 0.909 bits per heavy atom. The standard InChI is InChI=1S/C16H15NO4S/c1-11-7-9-13(10-8-11)15(18)17-22(20,21)16(19)14-6-4-3-5-12(14)2/h3-10H,1-2H3,(H,17,18). The van der Waals surface area contributed by atoms with Gasteiger partial charge in [0.25, 0.3) is 11.0 Å². The van der Waals surface area contributed by atoms with Crippen LogP contribution in [0, 0.1) is 13.8 Å². The summed E-state index contributed by atoms with van der Waals surface area (Å²) >= 11 is 0. The Hall–Kier alpha value is -2.47. The summed E-state index contributed by atoms with van der Waals surface area (Å²) in [6.07, 6.45) is 0. The van der Waals surface area contributed by atoms with Gasteiger partial charge in [0, 0.05) is 11.1 Å². The van der Waals surface area contributed by atoms with Gasteiger partial charge in [-0.15, -0.1) is 0 Å². The summed E-state index contributed by atoms with van der Waals surface area (Å²) in [6.45, 7) is 3.48. The molecule has 2 rings (SSSR count). The van der Waals surface area contributed by atoms with Crippen LogP contribution in [0.25, 0.3) is 0 Å². The van der Waals surface area contributed by atoms with Gasteiger partial charge in [-0.05, 0) is 37.6 Å². The lowest BCUT2D eigenvalue weighted by Crippen LogP contribution is -2.36. The maximum absolute atomic E-state index is 12.1. The zero-order valence-corrected chi connectivity index (χ0v) is 13.0. The van der Waals surface area contributed by atoms with E-state index in [9.17, 15) is 18.0 Å². The van der Waals surface area contributed by atoms with Gasteiger partial charge in [-0.25, -0.2) is 4.72 Å². The second-order valence-corrected chi connectivity index (χ2v) is 6.48. The van der Waals surface area contributed by atoms with Crippen molar-refractivity contribution in [1.82, 2.24) is 4.72 Å². The molecule has 1 amide bonds. The number of aryl methyl sites for hydroxylation is 2. The number of amides is 1. The van der Waals surface area contributed by atoms with Crippen LogP contribution in [0.4, 0.5) is 0 Å². The Balaban J connectivity index is 2.24. The molecular formula is C16H15NO4S. The molecule has 0 aliphatic heterocycles. The van der Waals surface area contributed by atoms with Gasteiger partial charge in [0.2, 0.25) is 0 Å². The zero-order valence-electron chi connectivity index (χ0n) is 12.2. The molecule has 5 nitrogen and oxygen atoms in total. The summed E-state index contributed by atoms with van der Waals surface area (Å²) in [5.41, 5.74) is 1.69. The van der Waals surface area contributed by atoms with Gasteiger partial charge in [0.15, 0.2) is 0 Å². The number of benzene rings is 2. The molecule has 0 atom stereocenters. The summed E-state index contributed by atoms with van der Waals surface area (Å²) in [5.74, 6) is -0.832. The predicted octanol–water partition coefficient (Wildman–Crippen LogP) is 2.20. The van der Waals surface area contributed by atoms with Gasteiger partial charge in [0.05, 0.1) is 0 Å². The average molecular weight is 317 g/mol. The van der Waals surface area contributed by atoms with E-state index < -0.39 is 21.0 Å². The van der Waals surface area contributed by atoms with Crippen LogP contribution < -0.4 is 4.72 Å². The lowest BCUT2D eigenvalue weighted by Gasteiger charge is -2.08. The van der Waals surface area contributed by atoms with Crippen molar-refractivity contribution in [3.05, 3.63) is 70.8 Å². The van der Waals surface area contributed by atoms with Crippen LogP contribution in [0.3, 0.4) is 0 Å². The molecule has 0 aromatic heterocycles. The first kappa shape index (κ1) is 15.9. The lowest BCUT2D eigenvalue weighted by molar-refractivity contribution is 0.0971. The SMILES string of the molecule is Cc1ccc(C(=O)NS(=O)(=O)C(=O)c2ccccc2C)cc1. The molecule has 2 aromatic rings. The topological polar surface area (TPSA) is 80.3 Å². The van der Waals surface area contributed by atoms with E-state index in [0.29, 0.717) is 5.56 Å². The molecule has 0 heterocycles. The summed E-state index contributed by atoms with van der Waals surface area (Å²) in [5, 5.41) is -1.12. The van der Waals surface area contributed by atoms with Crippen molar-refractivity contribution >= 4 is 21.0 Å². The Labute approximate surface area is 129 Å². The fourth-order valence-corrected chi connectivity index (χ4v) is 2.85. The van der Waals surface area contributed by atoms with E-state index >= 15 is 0 Å². The van der Waals surface area contributed by atoms with Crippen LogP contribution in [-0.2, 0) is 10.0 Å². The molecule has 0 saturated carbocycles. The molecule has 1 N–H and O–H groups in total. The molecule has 0 saturated heterocycles. The molecule has 22 heavy (non-hydrogen) atoms. The summed E-state index contributed by atoms with van der Waals surface area (Å²) in [6, 6.07) is 12.7. The van der Waals surface area contributed by atoms with E-state index in [4.69, 9.17) is 0 Å². The average Bonchev–Trinajstić information content (AvgIpc) is 2.47. The van der Waals surface area contributed by atoms with Crippen molar-refractivity contribution in [1.29, 1.82) is 0 Å². The second-order valence-electron chi connectivity index (χ2n) is 4.90. The van der Waals surface area contributed by atoms with Crippen LogP contribution in [0.2, 0.25) is 0 Å². The van der Waals surface area contributed by atoms with Crippen molar-refractivity contribution < 1.29 is 18.0 Å². The number of hydrogen-bond acceptors (Lipinski definition) is 4. The third-order valence-corrected chi connectivity index (χ3v) is 4.31. The zero-order chi connectivity index (χ0) is 16.3. The normalized spacial score (nSPS) is 11.0. The first-order chi connectivity index (χ1) is 10.3. The molecule has 0 unspecified atom stereocenters. The molecular weight excluding hydrogens is 302 g/mol. The summed E-state index contributed by atoms with van der Waals surface area (Å²) < 4.78 is 25.9. The van der Waals surface area contributed by atoms with Crippen LogP contribution in [-0.4, -0.2) is 19.4 Å². The van der Waals surface area contributed by atoms with E-state index in [2.05, 4.69) is 0 Å². The highest BCUT2D eigenvalue weighted by molar-refractivity contribution is 8.05. The van der Waals surface area contributed by atoms with E-state index in [0.717, 1.165) is 5.56 Å². The number of rotatable bonds is 2. The van der Waals surface area contributed by atoms with E-state index in [1.165, 1.54) is 18.2 Å². The number of hydrogen-bond donors (Lipinski definition) is 1. The molecule has 0 aliphatic carbocycles. The Morgan fingerprint density at radius 3 is 2.09 bits per heavy atom. The molecule has 114 valence electrons. The fraction of sp³-hybridized carbons (Fsp3) is 0.125. The smallest absolute Gasteiger partial charge is 0.274 e. The van der Waals surface area contributed by atoms with Crippen LogP contribution in [0.1, 0.15) is 31.8 Å². The molecule has 6 heteroatoms. The predicted molar refractivity (Wildman–Crippen MR) is 83.1 cm³/mol. The summed E-state index contributed by atoms with van der Waals surface area (Å²) in [7, 11) is -4.43. The largest absolute Gasteiger partial charge is 0.303 e. The highest BCUT2D eigenvalue weighted by Gasteiger charge is 2.27. The van der Waals surface area contributed by atoms with Crippen molar-refractivity contribution in [2.24, 2.45) is 0 Å². The van der Waals surface area contributed by atoms with Crippen molar-refractivity contribution in [3.8, 4) is 0 Å². The summed E-state index contributed by atoms with van der Waals surface area (Å²) in [4.78, 5) is 24.1.